The molecule has 4 unspecified atom stereocenters. The molecule has 2 saturated heterocycles. The number of hydrogen-bond acceptors (Lipinski definition) is 11. The maximum absolute atomic E-state index is 10.1. The summed E-state index contributed by atoms with van der Waals surface area (Å²) < 4.78 is 18.7. The summed E-state index contributed by atoms with van der Waals surface area (Å²) in [6.45, 7) is 5.75. The zero-order valence-corrected chi connectivity index (χ0v) is 26.4. The molecule has 4 heterocycles. The summed E-state index contributed by atoms with van der Waals surface area (Å²) in [7, 11) is 3.90. The van der Waals surface area contributed by atoms with Crippen molar-refractivity contribution in [2.24, 2.45) is 0 Å². The smallest absolute Gasteiger partial charge is 0.219 e. The van der Waals surface area contributed by atoms with Gasteiger partial charge in [-0.2, -0.15) is 10.2 Å². The van der Waals surface area contributed by atoms with Gasteiger partial charge in [0.15, 0.2) is 17.3 Å². The average Bonchev–Trinajstić information content (AvgIpc) is 3.34. The summed E-state index contributed by atoms with van der Waals surface area (Å²) in [6.07, 6.45) is 7.71. The number of aryl methyl sites for hydroxylation is 1. The molecule has 0 bridgehead atoms. The molecule has 11 heteroatoms. The number of methoxy groups -OCH3 is 1. The lowest BCUT2D eigenvalue weighted by Gasteiger charge is -2.35. The lowest BCUT2D eigenvalue weighted by molar-refractivity contribution is 0.0174. The highest BCUT2D eigenvalue weighted by molar-refractivity contribution is 5.68. The van der Waals surface area contributed by atoms with Gasteiger partial charge in [0.05, 0.1) is 23.1 Å². The van der Waals surface area contributed by atoms with Crippen molar-refractivity contribution < 1.29 is 14.0 Å². The predicted octanol–water partition coefficient (Wildman–Crippen LogP) is 3.58. The Bertz CT molecular complexity index is 1680. The second-order valence-corrected chi connectivity index (χ2v) is 13.8. The molecule has 1 aromatic carbocycles. The second-order valence-electron chi connectivity index (χ2n) is 13.8. The maximum atomic E-state index is 10.1. The van der Waals surface area contributed by atoms with Crippen molar-refractivity contribution >= 4 is 11.5 Å². The third kappa shape index (κ3) is 4.60. The van der Waals surface area contributed by atoms with Crippen molar-refractivity contribution in [2.75, 3.05) is 51.0 Å². The zero-order valence-electron chi connectivity index (χ0n) is 26.4. The van der Waals surface area contributed by atoms with Crippen molar-refractivity contribution in [3.63, 3.8) is 0 Å². The Morgan fingerprint density at radius 3 is 2.84 bits per heavy atom. The van der Waals surface area contributed by atoms with Crippen LogP contribution in [0.15, 0.2) is 22.7 Å². The number of aromatic nitrogens is 3. The third-order valence-electron chi connectivity index (χ3n) is 11.2. The molecule has 11 nitrogen and oxygen atoms in total. The molecule has 3 aliphatic carbocycles. The van der Waals surface area contributed by atoms with Gasteiger partial charge in [0.25, 0.3) is 0 Å². The Morgan fingerprint density at radius 1 is 1.18 bits per heavy atom. The Labute approximate surface area is 264 Å². The van der Waals surface area contributed by atoms with E-state index in [1.807, 2.05) is 12.1 Å². The molecule has 3 N–H and O–H groups in total. The van der Waals surface area contributed by atoms with Gasteiger partial charge in [0.2, 0.25) is 5.88 Å². The molecule has 3 fully saturated rings. The van der Waals surface area contributed by atoms with E-state index in [0.717, 1.165) is 87.4 Å². The number of likely N-dealkylation sites (tertiary alicyclic amines) is 1. The Hall–Kier alpha value is -3.72. The van der Waals surface area contributed by atoms with E-state index in [0.29, 0.717) is 28.6 Å². The molecule has 5 aliphatic rings. The van der Waals surface area contributed by atoms with Gasteiger partial charge in [-0.25, -0.2) is 4.98 Å². The maximum Gasteiger partial charge on any atom is 0.219 e. The monoisotopic (exact) mass is 610 g/mol. The molecule has 2 aromatic heterocycles. The van der Waals surface area contributed by atoms with Crippen molar-refractivity contribution in [2.45, 2.75) is 87.5 Å². The minimum Gasteiger partial charge on any atom is -0.473 e. The van der Waals surface area contributed by atoms with E-state index in [9.17, 15) is 5.26 Å². The number of nitrogens with two attached hydrogens (primary N) is 1. The molecule has 0 radical (unpaired) electrons. The quantitative estimate of drug-likeness (QED) is 0.396. The summed E-state index contributed by atoms with van der Waals surface area (Å²) in [6, 6.07) is 8.43. The van der Waals surface area contributed by atoms with Crippen molar-refractivity contribution in [3.8, 4) is 23.5 Å². The van der Waals surface area contributed by atoms with Gasteiger partial charge in [-0.05, 0) is 82.5 Å². The van der Waals surface area contributed by atoms with E-state index < -0.39 is 5.41 Å². The van der Waals surface area contributed by atoms with Crippen LogP contribution in [0.2, 0.25) is 0 Å². The summed E-state index contributed by atoms with van der Waals surface area (Å²) in [4.78, 5) is 14.8. The van der Waals surface area contributed by atoms with Gasteiger partial charge >= 0.3 is 0 Å². The first-order valence-corrected chi connectivity index (χ1v) is 16.4. The highest BCUT2D eigenvalue weighted by Crippen LogP contribution is 2.54. The van der Waals surface area contributed by atoms with E-state index in [4.69, 9.17) is 29.7 Å². The first-order chi connectivity index (χ1) is 21.8. The molecule has 4 atom stereocenters. The van der Waals surface area contributed by atoms with Gasteiger partial charge < -0.3 is 29.9 Å². The molecular weight excluding hydrogens is 568 g/mol. The fourth-order valence-electron chi connectivity index (χ4n) is 8.75. The van der Waals surface area contributed by atoms with Crippen LogP contribution in [-0.2, 0) is 23.0 Å². The van der Waals surface area contributed by atoms with Gasteiger partial charge in [0, 0.05) is 56.1 Å². The Kier molecular flexibility index (Phi) is 6.82. The van der Waals surface area contributed by atoms with E-state index in [1.54, 1.807) is 7.11 Å². The molecule has 0 amide bonds. The van der Waals surface area contributed by atoms with Crippen LogP contribution < -0.4 is 20.7 Å². The van der Waals surface area contributed by atoms with Crippen LogP contribution in [0, 0.1) is 11.3 Å². The van der Waals surface area contributed by atoms with Crippen molar-refractivity contribution in [1.82, 2.24) is 25.3 Å². The third-order valence-corrected chi connectivity index (χ3v) is 11.2. The van der Waals surface area contributed by atoms with Crippen LogP contribution in [0.4, 0.5) is 11.5 Å². The number of anilines is 2. The first kappa shape index (κ1) is 28.7. The number of likely N-dealkylation sites (N-methyl/N-ethyl adjacent to an activating group) is 1. The number of nitrogens with one attached hydrogen (secondary N) is 1. The zero-order chi connectivity index (χ0) is 30.9. The van der Waals surface area contributed by atoms with E-state index in [2.05, 4.69) is 46.4 Å². The summed E-state index contributed by atoms with van der Waals surface area (Å²) in [5.74, 6) is 2.75. The van der Waals surface area contributed by atoms with Crippen LogP contribution in [0.25, 0.3) is 11.5 Å². The molecule has 45 heavy (non-hydrogen) atoms. The van der Waals surface area contributed by atoms with Gasteiger partial charge in [-0.3, -0.25) is 4.90 Å². The Morgan fingerprint density at radius 2 is 2.04 bits per heavy atom. The number of fused-ring (bicyclic) bond motifs is 4. The number of piperazine rings is 1. The highest BCUT2D eigenvalue weighted by atomic mass is 16.5. The predicted molar refractivity (Wildman–Crippen MR) is 169 cm³/mol. The average molecular weight is 611 g/mol. The molecule has 2 aliphatic heterocycles. The van der Waals surface area contributed by atoms with Crippen LogP contribution >= 0.6 is 0 Å². The molecule has 8 rings (SSSR count). The van der Waals surface area contributed by atoms with Gasteiger partial charge in [0.1, 0.15) is 18.0 Å². The van der Waals surface area contributed by atoms with E-state index in [-0.39, 0.29) is 23.8 Å². The van der Waals surface area contributed by atoms with Crippen molar-refractivity contribution in [3.05, 3.63) is 46.2 Å². The van der Waals surface area contributed by atoms with Crippen molar-refractivity contribution in [1.29, 1.82) is 5.26 Å². The minimum absolute atomic E-state index is 0.106. The normalized spacial score (nSPS) is 27.4. The van der Waals surface area contributed by atoms with Gasteiger partial charge in [-0.1, -0.05) is 11.2 Å². The summed E-state index contributed by atoms with van der Waals surface area (Å²) in [5.41, 5.74) is 11.1. The number of nitrogen functional groups attached to an aromatic ring is 1. The summed E-state index contributed by atoms with van der Waals surface area (Å²) in [5, 5.41) is 18.5. The lowest BCUT2D eigenvalue weighted by Crippen LogP contribution is -2.52. The number of ether oxygens (including phenoxy) is 2. The number of nitriles is 1. The standard InChI is InChI=1S/C34H42N8O3/c1-20(30-25(43-3)9-15-41(30)2)44-27-17-26(42-16-14-37-33(19-42)12-13-33)38-32(39-27)29-22-5-4-10-34(31(22)45-40-29)11-8-21-6-7-24(36)23(18-35)28(21)34/h6-7,17,20,25,30,37H,4-5,8-16,19,36H2,1-3H3. The molecule has 236 valence electrons. The number of benzene rings is 1. The number of rotatable bonds is 6. The number of hydrogen-bond donors (Lipinski definition) is 2. The Balaban J connectivity index is 1.20. The molecule has 2 spiro atoms. The second kappa shape index (κ2) is 10.7. The largest absolute Gasteiger partial charge is 0.473 e. The fourth-order valence-corrected chi connectivity index (χ4v) is 8.75. The highest BCUT2D eigenvalue weighted by Gasteiger charge is 2.50. The van der Waals surface area contributed by atoms with Crippen LogP contribution in [-0.4, -0.2) is 84.1 Å². The SMILES string of the molecule is COC1CCN(C)C1C(C)Oc1cc(N2CCNC3(CC3)C2)nc(-c2noc3c2CCCC32CCc3ccc(N)c(C#N)c32)n1. The molecule has 1 saturated carbocycles. The first-order valence-electron chi connectivity index (χ1n) is 16.4. The van der Waals surface area contributed by atoms with Crippen LogP contribution in [0.3, 0.4) is 0 Å². The van der Waals surface area contributed by atoms with E-state index >= 15 is 0 Å². The van der Waals surface area contributed by atoms with Crippen LogP contribution in [0.5, 0.6) is 5.88 Å². The molecular formula is C34H42N8O3. The van der Waals surface area contributed by atoms with Gasteiger partial charge in [-0.15, -0.1) is 0 Å². The fraction of sp³-hybridized carbons (Fsp3) is 0.588. The van der Waals surface area contributed by atoms with Crippen LogP contribution in [0.1, 0.15) is 73.5 Å². The summed E-state index contributed by atoms with van der Waals surface area (Å²) >= 11 is 0. The minimum atomic E-state index is -0.417. The van der Waals surface area contributed by atoms with E-state index in [1.165, 1.54) is 18.4 Å². The topological polar surface area (TPSA) is 139 Å². The molecule has 3 aromatic rings. The number of nitrogens with zero attached hydrogens (tertiary/aromatic N) is 6. The lowest BCUT2D eigenvalue weighted by atomic mass is 9.68.